The van der Waals surface area contributed by atoms with Crippen LogP contribution in [0.15, 0.2) is 24.3 Å². The van der Waals surface area contributed by atoms with Gasteiger partial charge >= 0.3 is 5.97 Å². The molecular formula is C25H28O2. The van der Waals surface area contributed by atoms with Crippen LogP contribution in [0.4, 0.5) is 0 Å². The molecule has 0 bridgehead atoms. The number of esters is 1. The van der Waals surface area contributed by atoms with E-state index in [4.69, 9.17) is 4.74 Å². The molecule has 2 nitrogen and oxygen atoms in total. The molecule has 0 N–H and O–H groups in total. The van der Waals surface area contributed by atoms with Crippen LogP contribution in [0.25, 0.3) is 0 Å². The van der Waals surface area contributed by atoms with Gasteiger partial charge in [-0.25, -0.2) is 4.79 Å². The second kappa shape index (κ2) is 6.22. The van der Waals surface area contributed by atoms with Gasteiger partial charge in [-0.05, 0) is 114 Å². The molecule has 0 saturated carbocycles. The zero-order valence-electron chi connectivity index (χ0n) is 16.5. The Morgan fingerprint density at radius 1 is 0.926 bits per heavy atom. The average molecular weight is 360 g/mol. The van der Waals surface area contributed by atoms with Crippen molar-refractivity contribution in [1.82, 2.24) is 0 Å². The summed E-state index contributed by atoms with van der Waals surface area (Å²) in [7, 11) is 1.46. The molecule has 27 heavy (non-hydrogen) atoms. The summed E-state index contributed by atoms with van der Waals surface area (Å²) in [5.74, 6) is -0.227. The molecule has 2 aromatic rings. The third-order valence-corrected chi connectivity index (χ3v) is 7.21. The lowest BCUT2D eigenvalue weighted by atomic mass is 9.80. The van der Waals surface area contributed by atoms with E-state index in [1.807, 2.05) is 6.07 Å². The Balaban J connectivity index is 1.50. The van der Waals surface area contributed by atoms with Gasteiger partial charge in [-0.3, -0.25) is 0 Å². The van der Waals surface area contributed by atoms with Crippen molar-refractivity contribution in [3.8, 4) is 0 Å². The molecule has 0 heterocycles. The standard InChI is InChI=1S/C25H28O2/c1-3-16-10-20-14-25(15-23(20)22-7-5-4-6-21(16)22)12-18-9-8-17(24(26)27-2)11-19(18)13-25/h8-11H,3-7,12-15H2,1-2H3. The highest BCUT2D eigenvalue weighted by Crippen LogP contribution is 2.49. The van der Waals surface area contributed by atoms with Crippen molar-refractivity contribution < 1.29 is 9.53 Å². The highest BCUT2D eigenvalue weighted by atomic mass is 16.5. The summed E-state index contributed by atoms with van der Waals surface area (Å²) < 4.78 is 4.91. The monoisotopic (exact) mass is 360 g/mol. The van der Waals surface area contributed by atoms with E-state index in [2.05, 4.69) is 25.1 Å². The van der Waals surface area contributed by atoms with E-state index >= 15 is 0 Å². The zero-order valence-corrected chi connectivity index (χ0v) is 16.5. The van der Waals surface area contributed by atoms with Gasteiger partial charge in [0.25, 0.3) is 0 Å². The lowest BCUT2D eigenvalue weighted by Crippen LogP contribution is -2.21. The zero-order chi connectivity index (χ0) is 18.6. The fourth-order valence-electron chi connectivity index (χ4n) is 6.03. The van der Waals surface area contributed by atoms with E-state index in [1.165, 1.54) is 56.8 Å². The topological polar surface area (TPSA) is 26.3 Å². The number of benzene rings is 2. The molecule has 3 aliphatic rings. The molecule has 0 saturated heterocycles. The number of ether oxygens (including phenoxy) is 1. The molecule has 0 aromatic heterocycles. The SMILES string of the molecule is CCc1cc2c(c3c1CCCC3)CC1(Cc3ccc(C(=O)OC)cc3C1)C2. The summed E-state index contributed by atoms with van der Waals surface area (Å²) in [5, 5.41) is 0. The first-order valence-electron chi connectivity index (χ1n) is 10.5. The third-order valence-electron chi connectivity index (χ3n) is 7.21. The van der Waals surface area contributed by atoms with Crippen molar-refractivity contribution in [2.75, 3.05) is 7.11 Å². The van der Waals surface area contributed by atoms with Crippen molar-refractivity contribution in [2.45, 2.75) is 64.7 Å². The lowest BCUT2D eigenvalue weighted by molar-refractivity contribution is 0.0600. The molecule has 2 aromatic carbocycles. The smallest absolute Gasteiger partial charge is 0.337 e. The highest BCUT2D eigenvalue weighted by Gasteiger charge is 2.43. The van der Waals surface area contributed by atoms with Gasteiger partial charge in [0.15, 0.2) is 0 Å². The van der Waals surface area contributed by atoms with E-state index in [9.17, 15) is 4.79 Å². The third kappa shape index (κ3) is 2.64. The van der Waals surface area contributed by atoms with E-state index in [0.29, 0.717) is 11.0 Å². The van der Waals surface area contributed by atoms with Crippen LogP contribution in [0.5, 0.6) is 0 Å². The first kappa shape index (κ1) is 17.0. The molecule has 3 aliphatic carbocycles. The Hall–Kier alpha value is -2.09. The van der Waals surface area contributed by atoms with Gasteiger partial charge in [0.05, 0.1) is 12.7 Å². The number of carbonyl (C=O) groups is 1. The number of methoxy groups -OCH3 is 1. The van der Waals surface area contributed by atoms with Crippen molar-refractivity contribution >= 4 is 5.97 Å². The second-order valence-electron chi connectivity index (χ2n) is 8.87. The Morgan fingerprint density at radius 3 is 2.44 bits per heavy atom. The summed E-state index contributed by atoms with van der Waals surface area (Å²) in [6, 6.07) is 8.71. The Labute approximate surface area is 161 Å². The molecule has 5 rings (SSSR count). The largest absolute Gasteiger partial charge is 0.465 e. The summed E-state index contributed by atoms with van der Waals surface area (Å²) in [5.41, 5.74) is 12.1. The van der Waals surface area contributed by atoms with Crippen LogP contribution < -0.4 is 0 Å². The number of hydrogen-bond acceptors (Lipinski definition) is 2. The summed E-state index contributed by atoms with van der Waals surface area (Å²) >= 11 is 0. The number of hydrogen-bond donors (Lipinski definition) is 0. The quantitative estimate of drug-likeness (QED) is 0.719. The number of fused-ring (bicyclic) bond motifs is 4. The molecule has 0 fully saturated rings. The van der Waals surface area contributed by atoms with Gasteiger partial charge in [-0.15, -0.1) is 0 Å². The Morgan fingerprint density at radius 2 is 1.67 bits per heavy atom. The summed E-state index contributed by atoms with van der Waals surface area (Å²) in [4.78, 5) is 11.9. The van der Waals surface area contributed by atoms with Crippen LogP contribution in [0.1, 0.15) is 69.1 Å². The average Bonchev–Trinajstić information content (AvgIpc) is 3.24. The molecule has 1 spiro atoms. The summed E-state index contributed by atoms with van der Waals surface area (Å²) in [6.45, 7) is 2.31. The number of aryl methyl sites for hydroxylation is 1. The first-order valence-corrected chi connectivity index (χ1v) is 10.5. The maximum absolute atomic E-state index is 11.9. The van der Waals surface area contributed by atoms with Gasteiger partial charge in [0.1, 0.15) is 0 Å². The van der Waals surface area contributed by atoms with Gasteiger partial charge in [-0.1, -0.05) is 19.1 Å². The number of rotatable bonds is 2. The minimum absolute atomic E-state index is 0.227. The summed E-state index contributed by atoms with van der Waals surface area (Å²) in [6.07, 6.45) is 11.1. The van der Waals surface area contributed by atoms with E-state index in [1.54, 1.807) is 27.8 Å². The predicted molar refractivity (Wildman–Crippen MR) is 107 cm³/mol. The van der Waals surface area contributed by atoms with Crippen LogP contribution in [-0.2, 0) is 49.7 Å². The maximum Gasteiger partial charge on any atom is 0.337 e. The van der Waals surface area contributed by atoms with Crippen molar-refractivity contribution in [3.05, 3.63) is 68.8 Å². The minimum atomic E-state index is -0.227. The van der Waals surface area contributed by atoms with E-state index in [-0.39, 0.29) is 5.97 Å². The van der Waals surface area contributed by atoms with Crippen molar-refractivity contribution in [2.24, 2.45) is 5.41 Å². The van der Waals surface area contributed by atoms with Crippen LogP contribution in [-0.4, -0.2) is 13.1 Å². The maximum atomic E-state index is 11.9. The Bertz CT molecular complexity index is 940. The molecule has 1 unspecified atom stereocenters. The van der Waals surface area contributed by atoms with Gasteiger partial charge in [-0.2, -0.15) is 0 Å². The van der Waals surface area contributed by atoms with E-state index in [0.717, 1.165) is 19.3 Å². The van der Waals surface area contributed by atoms with Crippen molar-refractivity contribution in [3.63, 3.8) is 0 Å². The fraction of sp³-hybridized carbons (Fsp3) is 0.480. The molecule has 140 valence electrons. The normalized spacial score (nSPS) is 22.4. The van der Waals surface area contributed by atoms with Gasteiger partial charge < -0.3 is 4.74 Å². The molecular weight excluding hydrogens is 332 g/mol. The van der Waals surface area contributed by atoms with Crippen LogP contribution in [0.3, 0.4) is 0 Å². The fourth-order valence-corrected chi connectivity index (χ4v) is 6.03. The van der Waals surface area contributed by atoms with E-state index < -0.39 is 0 Å². The molecule has 2 heteroatoms. The van der Waals surface area contributed by atoms with Crippen molar-refractivity contribution in [1.29, 1.82) is 0 Å². The molecule has 0 amide bonds. The van der Waals surface area contributed by atoms with Crippen LogP contribution in [0.2, 0.25) is 0 Å². The molecule has 0 aliphatic heterocycles. The predicted octanol–water partition coefficient (Wildman–Crippen LogP) is 4.80. The van der Waals surface area contributed by atoms with Crippen LogP contribution in [0, 0.1) is 5.41 Å². The molecule has 1 atom stereocenters. The first-order chi connectivity index (χ1) is 13.1. The second-order valence-corrected chi connectivity index (χ2v) is 8.87. The molecule has 0 radical (unpaired) electrons. The highest BCUT2D eigenvalue weighted by molar-refractivity contribution is 5.89. The van der Waals surface area contributed by atoms with Gasteiger partial charge in [0.2, 0.25) is 0 Å². The van der Waals surface area contributed by atoms with Gasteiger partial charge in [0, 0.05) is 0 Å². The van der Waals surface area contributed by atoms with Crippen LogP contribution >= 0.6 is 0 Å². The Kier molecular flexibility index (Phi) is 3.93. The lowest BCUT2D eigenvalue weighted by Gasteiger charge is -2.24. The minimum Gasteiger partial charge on any atom is -0.465 e. The number of carbonyl (C=O) groups excluding carboxylic acids is 1.